The van der Waals surface area contributed by atoms with Crippen LogP contribution in [0.15, 0.2) is 6.20 Å². The van der Waals surface area contributed by atoms with Gasteiger partial charge in [-0.25, -0.2) is 0 Å². The minimum Gasteiger partial charge on any atom is -0.309 e. The van der Waals surface area contributed by atoms with Gasteiger partial charge in [-0.15, -0.1) is 0 Å². The molecule has 0 spiro atoms. The molecule has 1 saturated heterocycles. The van der Waals surface area contributed by atoms with Crippen LogP contribution in [0.3, 0.4) is 0 Å². The van der Waals surface area contributed by atoms with Gasteiger partial charge in [0.25, 0.3) is 0 Å². The van der Waals surface area contributed by atoms with Crippen molar-refractivity contribution in [1.29, 1.82) is 0 Å². The predicted octanol–water partition coefficient (Wildman–Crippen LogP) is 0.902. The van der Waals surface area contributed by atoms with Crippen molar-refractivity contribution < 1.29 is 0 Å². The van der Waals surface area contributed by atoms with Crippen molar-refractivity contribution in [2.24, 2.45) is 0 Å². The van der Waals surface area contributed by atoms with Crippen LogP contribution in [0.4, 0.5) is 0 Å². The number of rotatable bonds is 2. The number of nitrogens with one attached hydrogen (secondary N) is 2. The Morgan fingerprint density at radius 1 is 1.53 bits per heavy atom. The van der Waals surface area contributed by atoms with Gasteiger partial charge < -0.3 is 5.32 Å². The molecule has 1 aromatic heterocycles. The first kappa shape index (κ1) is 10.6. The molecule has 1 aromatic rings. The molecular weight excluding hydrogens is 188 g/mol. The lowest BCUT2D eigenvalue weighted by Crippen LogP contribution is -2.56. The van der Waals surface area contributed by atoms with E-state index in [1.54, 1.807) is 0 Å². The van der Waals surface area contributed by atoms with Gasteiger partial charge in [0.05, 0.1) is 11.9 Å². The molecule has 84 valence electrons. The van der Waals surface area contributed by atoms with Crippen LogP contribution < -0.4 is 5.32 Å². The largest absolute Gasteiger partial charge is 0.309 e. The van der Waals surface area contributed by atoms with Gasteiger partial charge in [0.2, 0.25) is 0 Å². The Kier molecular flexibility index (Phi) is 2.80. The van der Waals surface area contributed by atoms with Crippen molar-refractivity contribution >= 4 is 0 Å². The number of hydrogen-bond donors (Lipinski definition) is 2. The van der Waals surface area contributed by atoms with Crippen LogP contribution in [0.5, 0.6) is 0 Å². The van der Waals surface area contributed by atoms with Gasteiger partial charge >= 0.3 is 0 Å². The normalized spacial score (nSPS) is 21.8. The topological polar surface area (TPSA) is 44.0 Å². The summed E-state index contributed by atoms with van der Waals surface area (Å²) in [6.45, 7) is 10.9. The Hall–Kier alpha value is -0.870. The molecule has 1 aliphatic heterocycles. The smallest absolute Gasteiger partial charge is 0.0521 e. The lowest BCUT2D eigenvalue weighted by Gasteiger charge is -2.39. The van der Waals surface area contributed by atoms with Crippen molar-refractivity contribution in [2.75, 3.05) is 19.6 Å². The highest BCUT2D eigenvalue weighted by molar-refractivity contribution is 5.13. The monoisotopic (exact) mass is 208 g/mol. The minimum absolute atomic E-state index is 0.228. The van der Waals surface area contributed by atoms with Gasteiger partial charge in [-0.2, -0.15) is 5.10 Å². The van der Waals surface area contributed by atoms with E-state index in [0.29, 0.717) is 0 Å². The predicted molar refractivity (Wildman–Crippen MR) is 60.7 cm³/mol. The van der Waals surface area contributed by atoms with E-state index in [0.717, 1.165) is 26.2 Å². The zero-order valence-corrected chi connectivity index (χ0v) is 9.80. The third kappa shape index (κ3) is 2.58. The molecule has 1 fully saturated rings. The fourth-order valence-electron chi connectivity index (χ4n) is 2.14. The number of aromatic amines is 1. The first-order chi connectivity index (χ1) is 7.07. The highest BCUT2D eigenvalue weighted by Crippen LogP contribution is 2.13. The molecule has 1 aliphatic rings. The first-order valence-corrected chi connectivity index (χ1v) is 5.53. The highest BCUT2D eigenvalue weighted by Gasteiger charge is 2.25. The SMILES string of the molecule is Cc1cn[nH]c1CN1CCNC(C)(C)C1. The van der Waals surface area contributed by atoms with E-state index in [4.69, 9.17) is 0 Å². The third-order valence-corrected chi connectivity index (χ3v) is 2.97. The van der Waals surface area contributed by atoms with Gasteiger partial charge in [-0.1, -0.05) is 0 Å². The second kappa shape index (κ2) is 3.94. The lowest BCUT2D eigenvalue weighted by molar-refractivity contribution is 0.146. The van der Waals surface area contributed by atoms with Gasteiger partial charge in [0.1, 0.15) is 0 Å². The number of hydrogen-bond acceptors (Lipinski definition) is 3. The van der Waals surface area contributed by atoms with Crippen LogP contribution in [0.1, 0.15) is 25.1 Å². The highest BCUT2D eigenvalue weighted by atomic mass is 15.2. The van der Waals surface area contributed by atoms with Crippen molar-refractivity contribution in [1.82, 2.24) is 20.4 Å². The zero-order valence-electron chi connectivity index (χ0n) is 9.80. The van der Waals surface area contributed by atoms with E-state index in [1.807, 2.05) is 6.20 Å². The summed E-state index contributed by atoms with van der Waals surface area (Å²) in [5, 5.41) is 10.6. The number of nitrogens with zero attached hydrogens (tertiary/aromatic N) is 2. The van der Waals surface area contributed by atoms with E-state index < -0.39 is 0 Å². The molecule has 2 rings (SSSR count). The van der Waals surface area contributed by atoms with Gasteiger partial charge in [0.15, 0.2) is 0 Å². The molecule has 0 bridgehead atoms. The molecule has 4 heteroatoms. The summed E-state index contributed by atoms with van der Waals surface area (Å²) in [7, 11) is 0. The molecular formula is C11H20N4. The van der Waals surface area contributed by atoms with Crippen molar-refractivity contribution in [2.45, 2.75) is 32.9 Å². The number of aromatic nitrogens is 2. The molecule has 0 saturated carbocycles. The van der Waals surface area contributed by atoms with Crippen LogP contribution >= 0.6 is 0 Å². The summed E-state index contributed by atoms with van der Waals surface area (Å²) >= 11 is 0. The van der Waals surface area contributed by atoms with Crippen molar-refractivity contribution in [3.8, 4) is 0 Å². The molecule has 0 unspecified atom stereocenters. The van der Waals surface area contributed by atoms with Crippen LogP contribution in [-0.2, 0) is 6.54 Å². The Bertz CT molecular complexity index is 329. The second-order valence-corrected chi connectivity index (χ2v) is 5.05. The Morgan fingerprint density at radius 2 is 2.33 bits per heavy atom. The summed E-state index contributed by atoms with van der Waals surface area (Å²) < 4.78 is 0. The number of piperazine rings is 1. The van der Waals surface area contributed by atoms with E-state index >= 15 is 0 Å². The summed E-state index contributed by atoms with van der Waals surface area (Å²) in [5.41, 5.74) is 2.73. The third-order valence-electron chi connectivity index (χ3n) is 2.97. The molecule has 15 heavy (non-hydrogen) atoms. The average molecular weight is 208 g/mol. The molecule has 2 N–H and O–H groups in total. The fraction of sp³-hybridized carbons (Fsp3) is 0.727. The van der Waals surface area contributed by atoms with Crippen LogP contribution in [0, 0.1) is 6.92 Å². The number of aryl methyl sites for hydroxylation is 1. The van der Waals surface area contributed by atoms with E-state index in [9.17, 15) is 0 Å². The zero-order chi connectivity index (χ0) is 10.9. The Balaban J connectivity index is 1.98. The van der Waals surface area contributed by atoms with Crippen LogP contribution in [0.25, 0.3) is 0 Å². The van der Waals surface area contributed by atoms with Crippen LogP contribution in [-0.4, -0.2) is 40.3 Å². The Labute approximate surface area is 91.1 Å². The van der Waals surface area contributed by atoms with E-state index in [-0.39, 0.29) is 5.54 Å². The van der Waals surface area contributed by atoms with E-state index in [1.165, 1.54) is 11.3 Å². The molecule has 2 heterocycles. The maximum Gasteiger partial charge on any atom is 0.0521 e. The maximum absolute atomic E-state index is 4.06. The minimum atomic E-state index is 0.228. The first-order valence-electron chi connectivity index (χ1n) is 5.53. The van der Waals surface area contributed by atoms with Gasteiger partial charge in [-0.05, 0) is 26.3 Å². The number of H-pyrrole nitrogens is 1. The molecule has 4 nitrogen and oxygen atoms in total. The van der Waals surface area contributed by atoms with Gasteiger partial charge in [-0.3, -0.25) is 10.00 Å². The summed E-state index contributed by atoms with van der Waals surface area (Å²) in [6.07, 6.45) is 1.89. The average Bonchev–Trinajstić information content (AvgIpc) is 2.50. The van der Waals surface area contributed by atoms with E-state index in [2.05, 4.69) is 41.2 Å². The fourth-order valence-corrected chi connectivity index (χ4v) is 2.14. The molecule has 0 amide bonds. The van der Waals surface area contributed by atoms with Crippen molar-refractivity contribution in [3.05, 3.63) is 17.5 Å². The molecule has 0 aliphatic carbocycles. The standard InChI is InChI=1S/C11H20N4/c1-9-6-13-14-10(9)7-15-5-4-12-11(2,3)8-15/h6,12H,4-5,7-8H2,1-3H3,(H,13,14). The van der Waals surface area contributed by atoms with Gasteiger partial charge in [0, 0.05) is 31.7 Å². The van der Waals surface area contributed by atoms with Crippen LogP contribution in [0.2, 0.25) is 0 Å². The molecule has 0 atom stereocenters. The lowest BCUT2D eigenvalue weighted by atomic mass is 10.0. The summed E-state index contributed by atoms with van der Waals surface area (Å²) in [5.74, 6) is 0. The maximum atomic E-state index is 4.06. The second-order valence-electron chi connectivity index (χ2n) is 5.05. The van der Waals surface area contributed by atoms with Crippen molar-refractivity contribution in [3.63, 3.8) is 0 Å². The quantitative estimate of drug-likeness (QED) is 0.759. The molecule has 0 aromatic carbocycles. The Morgan fingerprint density at radius 3 is 2.93 bits per heavy atom. The molecule has 0 radical (unpaired) electrons. The summed E-state index contributed by atoms with van der Waals surface area (Å²) in [6, 6.07) is 0. The summed E-state index contributed by atoms with van der Waals surface area (Å²) in [4.78, 5) is 2.47.